The van der Waals surface area contributed by atoms with E-state index in [4.69, 9.17) is 0 Å². The van der Waals surface area contributed by atoms with Crippen LogP contribution in [-0.4, -0.2) is 6.36 Å². The number of aryl methyl sites for hydroxylation is 1. The molecule has 0 bridgehead atoms. The predicted octanol–water partition coefficient (Wildman–Crippen LogP) is 7.28. The van der Waals surface area contributed by atoms with Crippen LogP contribution in [0.2, 0.25) is 0 Å². The molecule has 0 aromatic heterocycles. The van der Waals surface area contributed by atoms with Gasteiger partial charge >= 0.3 is 6.36 Å². The van der Waals surface area contributed by atoms with E-state index in [0.29, 0.717) is 24.0 Å². The molecule has 0 saturated carbocycles. The smallest absolute Gasteiger partial charge is 0.406 e. The van der Waals surface area contributed by atoms with Gasteiger partial charge in [0, 0.05) is 0 Å². The van der Waals surface area contributed by atoms with Crippen LogP contribution in [0, 0.1) is 11.6 Å². The Morgan fingerprint density at radius 3 is 2.16 bits per heavy atom. The number of hydrogen-bond acceptors (Lipinski definition) is 1. The lowest BCUT2D eigenvalue weighted by Crippen LogP contribution is -2.17. The van der Waals surface area contributed by atoms with Crippen LogP contribution in [0.4, 0.5) is 22.0 Å². The van der Waals surface area contributed by atoms with Crippen LogP contribution >= 0.6 is 0 Å². The fourth-order valence-corrected chi connectivity index (χ4v) is 3.85. The van der Waals surface area contributed by atoms with Gasteiger partial charge in [0.15, 0.2) is 0 Å². The van der Waals surface area contributed by atoms with Gasteiger partial charge in [0.2, 0.25) is 0 Å². The highest BCUT2D eigenvalue weighted by molar-refractivity contribution is 5.74. The summed E-state index contributed by atoms with van der Waals surface area (Å²) in [6.07, 6.45) is -1.23. The zero-order chi connectivity index (χ0) is 22.2. The minimum Gasteiger partial charge on any atom is -0.406 e. The highest BCUT2D eigenvalue weighted by Gasteiger charge is 2.31. The average molecular weight is 430 g/mol. The molecule has 0 amide bonds. The number of ether oxygens (including phenoxy) is 1. The molecule has 0 N–H and O–H groups in total. The molecule has 0 unspecified atom stereocenters. The molecule has 0 radical (unpaired) electrons. The van der Waals surface area contributed by atoms with Gasteiger partial charge in [0.05, 0.1) is 5.56 Å². The van der Waals surface area contributed by atoms with Crippen molar-refractivity contribution in [2.45, 2.75) is 32.5 Å². The summed E-state index contributed by atoms with van der Waals surface area (Å²) in [7, 11) is 0. The Kier molecular flexibility index (Phi) is 5.56. The minimum absolute atomic E-state index is 0.150. The van der Waals surface area contributed by atoms with Crippen molar-refractivity contribution in [2.75, 3.05) is 0 Å². The first-order chi connectivity index (χ1) is 14.7. The van der Waals surface area contributed by atoms with Crippen LogP contribution in [0.3, 0.4) is 0 Å². The molecule has 160 valence electrons. The first kappa shape index (κ1) is 21.1. The highest BCUT2D eigenvalue weighted by atomic mass is 19.4. The van der Waals surface area contributed by atoms with Gasteiger partial charge in [-0.2, -0.15) is 0 Å². The molecule has 0 aliphatic heterocycles. The zero-order valence-corrected chi connectivity index (χ0v) is 16.7. The van der Waals surface area contributed by atoms with Crippen molar-refractivity contribution in [3.63, 3.8) is 0 Å². The summed E-state index contributed by atoms with van der Waals surface area (Å²) < 4.78 is 70.9. The number of halogens is 5. The minimum atomic E-state index is -4.83. The summed E-state index contributed by atoms with van der Waals surface area (Å²) in [6, 6.07) is 14.0. The molecular formula is C25H19F5O. The summed E-state index contributed by atoms with van der Waals surface area (Å²) >= 11 is 0. The maximum absolute atomic E-state index is 15.2. The van der Waals surface area contributed by atoms with Crippen molar-refractivity contribution in [3.8, 4) is 16.9 Å². The Morgan fingerprint density at radius 2 is 1.55 bits per heavy atom. The second-order valence-electron chi connectivity index (χ2n) is 7.42. The van der Waals surface area contributed by atoms with Gasteiger partial charge in [0.25, 0.3) is 0 Å². The number of alkyl halides is 3. The lowest BCUT2D eigenvalue weighted by Gasteiger charge is -2.20. The molecule has 6 heteroatoms. The van der Waals surface area contributed by atoms with Gasteiger partial charge in [-0.1, -0.05) is 49.4 Å². The normalized spacial score (nSPS) is 13.5. The number of benzene rings is 3. The molecule has 0 atom stereocenters. The number of rotatable bonds is 4. The van der Waals surface area contributed by atoms with Crippen molar-refractivity contribution in [1.29, 1.82) is 0 Å². The highest BCUT2D eigenvalue weighted by Crippen LogP contribution is 2.36. The molecule has 1 nitrogen and oxygen atoms in total. The van der Waals surface area contributed by atoms with Crippen LogP contribution in [0.5, 0.6) is 5.75 Å². The van der Waals surface area contributed by atoms with E-state index in [1.807, 2.05) is 30.3 Å². The molecule has 1 aliphatic carbocycles. The Balaban J connectivity index is 1.63. The molecular weight excluding hydrogens is 411 g/mol. The van der Waals surface area contributed by atoms with E-state index in [9.17, 15) is 17.6 Å². The summed E-state index contributed by atoms with van der Waals surface area (Å²) in [5, 5.41) is 0. The third-order valence-corrected chi connectivity index (χ3v) is 5.45. The molecule has 31 heavy (non-hydrogen) atoms. The predicted molar refractivity (Wildman–Crippen MR) is 110 cm³/mol. The van der Waals surface area contributed by atoms with E-state index < -0.39 is 23.7 Å². The standard InChI is InChI=1S/C25H19F5O/c1-2-15-3-5-16(6-4-15)18-9-12-21-19(13-18)14-22(26)23(24(21)27)17-7-10-20(11-8-17)31-25(28,29)30/h3-11,14H,2,12-13H2,1H3. The summed E-state index contributed by atoms with van der Waals surface area (Å²) in [5.74, 6) is -1.88. The first-order valence-corrected chi connectivity index (χ1v) is 9.89. The Bertz CT molecular complexity index is 1130. The third kappa shape index (κ3) is 4.48. The number of hydrogen-bond donors (Lipinski definition) is 0. The molecule has 4 rings (SSSR count). The maximum atomic E-state index is 15.2. The lowest BCUT2D eigenvalue weighted by molar-refractivity contribution is -0.274. The van der Waals surface area contributed by atoms with Gasteiger partial charge in [-0.25, -0.2) is 8.78 Å². The van der Waals surface area contributed by atoms with E-state index in [1.165, 1.54) is 23.8 Å². The van der Waals surface area contributed by atoms with Gasteiger partial charge in [-0.15, -0.1) is 13.2 Å². The first-order valence-electron chi connectivity index (χ1n) is 9.89. The lowest BCUT2D eigenvalue weighted by atomic mass is 9.85. The second kappa shape index (κ2) is 8.17. The van der Waals surface area contributed by atoms with Gasteiger partial charge in [-0.3, -0.25) is 0 Å². The van der Waals surface area contributed by atoms with Gasteiger partial charge in [0.1, 0.15) is 17.4 Å². The third-order valence-electron chi connectivity index (χ3n) is 5.45. The molecule has 1 aliphatic rings. The van der Waals surface area contributed by atoms with Gasteiger partial charge in [-0.05, 0) is 70.9 Å². The van der Waals surface area contributed by atoms with Crippen LogP contribution < -0.4 is 4.74 Å². The monoisotopic (exact) mass is 430 g/mol. The van der Waals surface area contributed by atoms with Crippen molar-refractivity contribution < 1.29 is 26.7 Å². The van der Waals surface area contributed by atoms with Gasteiger partial charge < -0.3 is 4.74 Å². The fraction of sp³-hybridized carbons (Fsp3) is 0.200. The topological polar surface area (TPSA) is 9.23 Å². The van der Waals surface area contributed by atoms with Crippen LogP contribution in [0.25, 0.3) is 16.7 Å². The molecule has 0 spiro atoms. The quantitative estimate of drug-likeness (QED) is 0.396. The Hall–Kier alpha value is -3.15. The average Bonchev–Trinajstić information content (AvgIpc) is 2.73. The van der Waals surface area contributed by atoms with Crippen molar-refractivity contribution >= 4 is 5.57 Å². The molecule has 3 aromatic rings. The van der Waals surface area contributed by atoms with Crippen molar-refractivity contribution in [2.24, 2.45) is 0 Å². The Labute approximate surface area is 176 Å². The van der Waals surface area contributed by atoms with Crippen molar-refractivity contribution in [3.05, 3.63) is 94.6 Å². The molecule has 3 aromatic carbocycles. The second-order valence-corrected chi connectivity index (χ2v) is 7.42. The number of allylic oxidation sites excluding steroid dienone is 2. The van der Waals surface area contributed by atoms with E-state index in [-0.39, 0.29) is 11.1 Å². The summed E-state index contributed by atoms with van der Waals surface area (Å²) in [5.41, 5.74) is 4.13. The van der Waals surface area contributed by atoms with E-state index in [1.54, 1.807) is 0 Å². The van der Waals surface area contributed by atoms with E-state index >= 15 is 4.39 Å². The van der Waals surface area contributed by atoms with E-state index in [0.717, 1.165) is 29.7 Å². The zero-order valence-electron chi connectivity index (χ0n) is 16.7. The summed E-state index contributed by atoms with van der Waals surface area (Å²) in [6.45, 7) is 2.07. The van der Waals surface area contributed by atoms with Crippen molar-refractivity contribution in [1.82, 2.24) is 0 Å². The largest absolute Gasteiger partial charge is 0.573 e. The maximum Gasteiger partial charge on any atom is 0.573 e. The molecule has 0 heterocycles. The number of fused-ring (bicyclic) bond motifs is 1. The van der Waals surface area contributed by atoms with Crippen LogP contribution in [-0.2, 0) is 19.3 Å². The fourth-order valence-electron chi connectivity index (χ4n) is 3.85. The van der Waals surface area contributed by atoms with Crippen LogP contribution in [0.15, 0.2) is 60.7 Å². The SMILES string of the molecule is CCc1ccc(C2=CCc3c(cc(F)c(-c4ccc(OC(F)(F)F)cc4)c3F)C2)cc1. The van der Waals surface area contributed by atoms with Crippen LogP contribution in [0.1, 0.15) is 29.2 Å². The molecule has 0 fully saturated rings. The Morgan fingerprint density at radius 1 is 0.903 bits per heavy atom. The van der Waals surface area contributed by atoms with E-state index in [2.05, 4.69) is 11.7 Å². The molecule has 0 saturated heterocycles. The summed E-state index contributed by atoms with van der Waals surface area (Å²) in [4.78, 5) is 0.